The number of benzene rings is 1. The molecule has 2 nitrogen and oxygen atoms in total. The van der Waals surface area contributed by atoms with Crippen molar-refractivity contribution < 1.29 is 0 Å². The molecule has 0 radical (unpaired) electrons. The molecule has 1 atom stereocenters. The molecule has 0 aromatic heterocycles. The van der Waals surface area contributed by atoms with E-state index in [1.165, 1.54) is 30.6 Å². The van der Waals surface area contributed by atoms with Gasteiger partial charge in [-0.1, -0.05) is 32.0 Å². The first-order valence-electron chi connectivity index (χ1n) is 6.73. The summed E-state index contributed by atoms with van der Waals surface area (Å²) in [5.74, 6) is 0. The number of anilines is 1. The fraction of sp³-hybridized carbons (Fsp3) is 0.600. The van der Waals surface area contributed by atoms with Gasteiger partial charge in [0.25, 0.3) is 0 Å². The van der Waals surface area contributed by atoms with Crippen LogP contribution in [-0.4, -0.2) is 25.2 Å². The lowest BCUT2D eigenvalue weighted by molar-refractivity contribution is 0.394. The predicted molar refractivity (Wildman–Crippen MR) is 74.7 cm³/mol. The molecule has 1 aliphatic rings. The number of rotatable bonds is 3. The Labute approximate surface area is 105 Å². The Kier molecular flexibility index (Phi) is 4.06. The molecule has 94 valence electrons. The standard InChI is InChI=1S/C15H24N2/c1-12(2)16-14-8-6-10-17(11-14)15-9-5-4-7-13(15)3/h4-5,7,9,12,14,16H,6,8,10-11H2,1-3H3. The second-order valence-corrected chi connectivity index (χ2v) is 5.39. The summed E-state index contributed by atoms with van der Waals surface area (Å²) in [7, 11) is 0. The molecule has 1 fully saturated rings. The maximum absolute atomic E-state index is 3.66. The molecule has 1 heterocycles. The van der Waals surface area contributed by atoms with Crippen LogP contribution in [0.4, 0.5) is 5.69 Å². The highest BCUT2D eigenvalue weighted by atomic mass is 15.2. The lowest BCUT2D eigenvalue weighted by atomic mass is 10.0. The minimum absolute atomic E-state index is 0.580. The molecule has 1 aromatic carbocycles. The highest BCUT2D eigenvalue weighted by Crippen LogP contribution is 2.23. The van der Waals surface area contributed by atoms with E-state index >= 15 is 0 Å². The average molecular weight is 232 g/mol. The summed E-state index contributed by atoms with van der Waals surface area (Å²) in [5.41, 5.74) is 2.79. The summed E-state index contributed by atoms with van der Waals surface area (Å²) >= 11 is 0. The molecule has 17 heavy (non-hydrogen) atoms. The number of nitrogens with zero attached hydrogens (tertiary/aromatic N) is 1. The van der Waals surface area contributed by atoms with Crippen molar-refractivity contribution in [3.05, 3.63) is 29.8 Å². The Bertz CT molecular complexity index is 360. The van der Waals surface area contributed by atoms with Crippen LogP contribution in [0.2, 0.25) is 0 Å². The van der Waals surface area contributed by atoms with Gasteiger partial charge in [-0.25, -0.2) is 0 Å². The van der Waals surface area contributed by atoms with Gasteiger partial charge < -0.3 is 10.2 Å². The van der Waals surface area contributed by atoms with Gasteiger partial charge in [-0.15, -0.1) is 0 Å². The van der Waals surface area contributed by atoms with Crippen LogP contribution in [0, 0.1) is 6.92 Å². The monoisotopic (exact) mass is 232 g/mol. The molecule has 0 bridgehead atoms. The van der Waals surface area contributed by atoms with E-state index in [4.69, 9.17) is 0 Å². The number of nitrogens with one attached hydrogen (secondary N) is 1. The Morgan fingerprint density at radius 3 is 2.76 bits per heavy atom. The van der Waals surface area contributed by atoms with Crippen LogP contribution < -0.4 is 10.2 Å². The van der Waals surface area contributed by atoms with Gasteiger partial charge in [0.2, 0.25) is 0 Å². The molecular weight excluding hydrogens is 208 g/mol. The largest absolute Gasteiger partial charge is 0.370 e. The summed E-state index contributed by atoms with van der Waals surface area (Å²) in [6.07, 6.45) is 2.60. The van der Waals surface area contributed by atoms with Gasteiger partial charge in [0, 0.05) is 30.9 Å². The molecule has 1 saturated heterocycles. The minimum Gasteiger partial charge on any atom is -0.370 e. The first-order chi connectivity index (χ1) is 8.16. The van der Waals surface area contributed by atoms with Crippen LogP contribution in [-0.2, 0) is 0 Å². The second kappa shape index (κ2) is 5.54. The van der Waals surface area contributed by atoms with E-state index in [9.17, 15) is 0 Å². The molecule has 0 aliphatic carbocycles. The van der Waals surface area contributed by atoms with Crippen LogP contribution in [0.1, 0.15) is 32.3 Å². The quantitative estimate of drug-likeness (QED) is 0.862. The van der Waals surface area contributed by atoms with Crippen LogP contribution in [0.15, 0.2) is 24.3 Å². The van der Waals surface area contributed by atoms with E-state index in [0.29, 0.717) is 12.1 Å². The van der Waals surface area contributed by atoms with E-state index in [1.54, 1.807) is 0 Å². The highest BCUT2D eigenvalue weighted by molar-refractivity contribution is 5.53. The van der Waals surface area contributed by atoms with Crippen LogP contribution in [0.3, 0.4) is 0 Å². The number of piperidine rings is 1. The van der Waals surface area contributed by atoms with Crippen molar-refractivity contribution in [2.45, 2.75) is 45.7 Å². The first-order valence-corrected chi connectivity index (χ1v) is 6.73. The summed E-state index contributed by atoms with van der Waals surface area (Å²) in [6.45, 7) is 9.00. The third-order valence-corrected chi connectivity index (χ3v) is 3.45. The summed E-state index contributed by atoms with van der Waals surface area (Å²) < 4.78 is 0. The second-order valence-electron chi connectivity index (χ2n) is 5.39. The molecule has 1 unspecified atom stereocenters. The molecular formula is C15H24N2. The molecule has 2 rings (SSSR count). The van der Waals surface area contributed by atoms with Gasteiger partial charge in [0.1, 0.15) is 0 Å². The zero-order chi connectivity index (χ0) is 12.3. The van der Waals surface area contributed by atoms with E-state index in [2.05, 4.69) is 55.3 Å². The average Bonchev–Trinajstić information content (AvgIpc) is 2.29. The van der Waals surface area contributed by atoms with Crippen molar-refractivity contribution in [3.8, 4) is 0 Å². The van der Waals surface area contributed by atoms with Crippen molar-refractivity contribution in [2.24, 2.45) is 0 Å². The van der Waals surface area contributed by atoms with Crippen molar-refractivity contribution in [3.63, 3.8) is 0 Å². The lowest BCUT2D eigenvalue weighted by Crippen LogP contribution is -2.48. The zero-order valence-electron chi connectivity index (χ0n) is 11.2. The van der Waals surface area contributed by atoms with Gasteiger partial charge in [-0.05, 0) is 31.4 Å². The maximum Gasteiger partial charge on any atom is 0.0396 e. The maximum atomic E-state index is 3.66. The molecule has 1 N–H and O–H groups in total. The number of para-hydroxylation sites is 1. The first kappa shape index (κ1) is 12.4. The minimum atomic E-state index is 0.580. The van der Waals surface area contributed by atoms with Gasteiger partial charge in [-0.3, -0.25) is 0 Å². The fourth-order valence-corrected chi connectivity index (χ4v) is 2.72. The van der Waals surface area contributed by atoms with Crippen molar-refractivity contribution >= 4 is 5.69 Å². The fourth-order valence-electron chi connectivity index (χ4n) is 2.72. The Hall–Kier alpha value is -1.02. The third kappa shape index (κ3) is 3.22. The molecule has 0 spiro atoms. The van der Waals surface area contributed by atoms with E-state index in [1.807, 2.05) is 0 Å². The normalized spacial score (nSPS) is 20.9. The van der Waals surface area contributed by atoms with Crippen LogP contribution in [0.25, 0.3) is 0 Å². The Morgan fingerprint density at radius 1 is 1.29 bits per heavy atom. The molecule has 0 saturated carbocycles. The van der Waals surface area contributed by atoms with Crippen molar-refractivity contribution in [1.29, 1.82) is 0 Å². The van der Waals surface area contributed by atoms with Crippen molar-refractivity contribution in [2.75, 3.05) is 18.0 Å². The van der Waals surface area contributed by atoms with Gasteiger partial charge in [0.05, 0.1) is 0 Å². The summed E-state index contributed by atoms with van der Waals surface area (Å²) in [6, 6.07) is 9.93. The van der Waals surface area contributed by atoms with Crippen molar-refractivity contribution in [1.82, 2.24) is 5.32 Å². The molecule has 2 heteroatoms. The number of hydrogen-bond donors (Lipinski definition) is 1. The van der Waals surface area contributed by atoms with E-state index in [-0.39, 0.29) is 0 Å². The molecule has 0 amide bonds. The van der Waals surface area contributed by atoms with Gasteiger partial charge in [-0.2, -0.15) is 0 Å². The third-order valence-electron chi connectivity index (χ3n) is 3.45. The topological polar surface area (TPSA) is 15.3 Å². The summed E-state index contributed by atoms with van der Waals surface area (Å²) in [4.78, 5) is 2.53. The smallest absolute Gasteiger partial charge is 0.0396 e. The molecule has 1 aliphatic heterocycles. The van der Waals surface area contributed by atoms with Crippen LogP contribution >= 0.6 is 0 Å². The predicted octanol–water partition coefficient (Wildman–Crippen LogP) is 2.96. The summed E-state index contributed by atoms with van der Waals surface area (Å²) in [5, 5.41) is 3.66. The number of aryl methyl sites for hydroxylation is 1. The number of hydrogen-bond acceptors (Lipinski definition) is 2. The SMILES string of the molecule is Cc1ccccc1N1CCCC(NC(C)C)C1. The van der Waals surface area contributed by atoms with Gasteiger partial charge >= 0.3 is 0 Å². The van der Waals surface area contributed by atoms with Gasteiger partial charge in [0.15, 0.2) is 0 Å². The zero-order valence-corrected chi connectivity index (χ0v) is 11.2. The van der Waals surface area contributed by atoms with Crippen LogP contribution in [0.5, 0.6) is 0 Å². The Balaban J connectivity index is 2.04. The van der Waals surface area contributed by atoms with E-state index < -0.39 is 0 Å². The lowest BCUT2D eigenvalue weighted by Gasteiger charge is -2.36. The Morgan fingerprint density at radius 2 is 2.06 bits per heavy atom. The molecule has 1 aromatic rings. The highest BCUT2D eigenvalue weighted by Gasteiger charge is 2.20. The van der Waals surface area contributed by atoms with E-state index in [0.717, 1.165) is 6.54 Å².